The molecule has 0 aliphatic heterocycles. The van der Waals surface area contributed by atoms with Crippen LogP contribution in [0.15, 0.2) is 23.3 Å². The summed E-state index contributed by atoms with van der Waals surface area (Å²) in [6.45, 7) is -2.85. The normalized spacial score (nSPS) is 10.4. The molecule has 0 saturated carbocycles. The van der Waals surface area contributed by atoms with E-state index in [9.17, 15) is 18.4 Å². The molecule has 0 atom stereocenters. The van der Waals surface area contributed by atoms with Crippen molar-refractivity contribution in [3.63, 3.8) is 0 Å². The second kappa shape index (κ2) is 3.34. The zero-order valence-corrected chi connectivity index (χ0v) is 6.28. The van der Waals surface area contributed by atoms with E-state index in [2.05, 4.69) is 0 Å². The lowest BCUT2D eigenvalue weighted by molar-refractivity contribution is 0.0654. The molecule has 0 unspecified atom stereocenters. The third-order valence-corrected chi connectivity index (χ3v) is 1.40. The summed E-state index contributed by atoms with van der Waals surface area (Å²) in [5, 5.41) is 8.41. The summed E-state index contributed by atoms with van der Waals surface area (Å²) >= 11 is 0. The molecule has 1 heterocycles. The fourth-order valence-electron chi connectivity index (χ4n) is 0.781. The van der Waals surface area contributed by atoms with E-state index in [1.165, 1.54) is 0 Å². The Morgan fingerprint density at radius 3 is 2.62 bits per heavy atom. The number of carboxylic acids is 1. The van der Waals surface area contributed by atoms with Crippen LogP contribution < -0.4 is 5.43 Å². The first-order valence-electron chi connectivity index (χ1n) is 3.25. The topological polar surface area (TPSA) is 59.3 Å². The maximum atomic E-state index is 12.0. The molecule has 1 rings (SSSR count). The van der Waals surface area contributed by atoms with E-state index in [0.29, 0.717) is 10.8 Å². The van der Waals surface area contributed by atoms with Crippen LogP contribution in [-0.2, 0) is 0 Å². The number of carboxylic acid groups (broad SMARTS) is 1. The van der Waals surface area contributed by atoms with Gasteiger partial charge in [0.15, 0.2) is 5.43 Å². The third kappa shape index (κ3) is 1.90. The third-order valence-electron chi connectivity index (χ3n) is 1.40. The fourth-order valence-corrected chi connectivity index (χ4v) is 0.781. The smallest absolute Gasteiger partial charge is 0.341 e. The highest BCUT2D eigenvalue weighted by Gasteiger charge is 2.11. The fraction of sp³-hybridized carbons (Fsp3) is 0.143. The summed E-state index contributed by atoms with van der Waals surface area (Å²) in [4.78, 5) is 21.1. The van der Waals surface area contributed by atoms with Crippen LogP contribution in [0.4, 0.5) is 8.78 Å². The molecule has 0 aliphatic rings. The predicted octanol–water partition coefficient (Wildman–Crippen LogP) is 0.942. The molecule has 70 valence electrons. The van der Waals surface area contributed by atoms with Gasteiger partial charge in [-0.15, -0.1) is 0 Å². The molecule has 0 spiro atoms. The maximum absolute atomic E-state index is 12.0. The van der Waals surface area contributed by atoms with Crippen molar-refractivity contribution in [2.75, 3.05) is 0 Å². The van der Waals surface area contributed by atoms with Crippen LogP contribution in [0.1, 0.15) is 16.9 Å². The van der Waals surface area contributed by atoms with Gasteiger partial charge in [0.05, 0.1) is 0 Å². The van der Waals surface area contributed by atoms with Crippen LogP contribution in [0, 0.1) is 0 Å². The Morgan fingerprint density at radius 2 is 2.15 bits per heavy atom. The van der Waals surface area contributed by atoms with Gasteiger partial charge >= 0.3 is 12.5 Å². The summed E-state index contributed by atoms with van der Waals surface area (Å²) < 4.78 is 24.4. The number of alkyl halides is 2. The number of rotatable bonds is 2. The van der Waals surface area contributed by atoms with Gasteiger partial charge in [0.2, 0.25) is 0 Å². The number of hydrogen-bond donors (Lipinski definition) is 1. The Bertz CT molecular complexity index is 386. The Kier molecular flexibility index (Phi) is 2.41. The van der Waals surface area contributed by atoms with Gasteiger partial charge in [-0.2, -0.15) is 8.78 Å². The van der Waals surface area contributed by atoms with Crippen LogP contribution in [0.2, 0.25) is 0 Å². The summed E-state index contributed by atoms with van der Waals surface area (Å²) in [5.41, 5.74) is -1.45. The van der Waals surface area contributed by atoms with Gasteiger partial charge in [0.1, 0.15) is 5.56 Å². The van der Waals surface area contributed by atoms with E-state index in [0.717, 1.165) is 12.3 Å². The first kappa shape index (κ1) is 9.37. The molecule has 1 aromatic rings. The number of halogens is 2. The summed E-state index contributed by atoms with van der Waals surface area (Å²) in [6, 6.07) is 0.787. The second-order valence-corrected chi connectivity index (χ2v) is 2.25. The molecule has 0 aliphatic carbocycles. The highest BCUT2D eigenvalue weighted by Crippen LogP contribution is 2.08. The van der Waals surface area contributed by atoms with Crippen molar-refractivity contribution in [1.82, 2.24) is 4.57 Å². The highest BCUT2D eigenvalue weighted by atomic mass is 19.3. The number of aromatic nitrogens is 1. The zero-order chi connectivity index (χ0) is 10.0. The Labute approximate surface area is 71.0 Å². The van der Waals surface area contributed by atoms with Crippen molar-refractivity contribution < 1.29 is 18.7 Å². The van der Waals surface area contributed by atoms with E-state index in [4.69, 9.17) is 5.11 Å². The quantitative estimate of drug-likeness (QED) is 0.753. The molecule has 0 fully saturated rings. The lowest BCUT2D eigenvalue weighted by Gasteiger charge is -2.03. The average Bonchev–Trinajstić information content (AvgIpc) is 2.04. The molecule has 0 radical (unpaired) electrons. The minimum atomic E-state index is -2.85. The molecule has 1 N–H and O–H groups in total. The van der Waals surface area contributed by atoms with Gasteiger partial charge in [0.25, 0.3) is 0 Å². The van der Waals surface area contributed by atoms with Crippen LogP contribution in [0.3, 0.4) is 0 Å². The molecular formula is C7H5F2NO3. The van der Waals surface area contributed by atoms with Crippen LogP contribution >= 0.6 is 0 Å². The Hall–Kier alpha value is -1.72. The molecule has 4 nitrogen and oxygen atoms in total. The maximum Gasteiger partial charge on any atom is 0.341 e. The van der Waals surface area contributed by atoms with Crippen molar-refractivity contribution in [2.45, 2.75) is 6.55 Å². The van der Waals surface area contributed by atoms with E-state index < -0.39 is 23.5 Å². The summed E-state index contributed by atoms with van der Waals surface area (Å²) in [6.07, 6.45) is 1.44. The number of pyridine rings is 1. The number of aromatic carboxylic acids is 1. The number of carbonyl (C=O) groups is 1. The van der Waals surface area contributed by atoms with Crippen LogP contribution in [0.5, 0.6) is 0 Å². The van der Waals surface area contributed by atoms with Gasteiger partial charge in [-0.3, -0.25) is 9.36 Å². The Morgan fingerprint density at radius 1 is 1.54 bits per heavy atom. The lowest BCUT2D eigenvalue weighted by Crippen LogP contribution is -2.16. The standard InChI is InChI=1S/C7H5F2NO3/c8-7(9)10-2-1-5(11)4(3-10)6(12)13/h1-3,7H,(H,12,13). The second-order valence-electron chi connectivity index (χ2n) is 2.25. The average molecular weight is 189 g/mol. The first-order valence-corrected chi connectivity index (χ1v) is 3.25. The van der Waals surface area contributed by atoms with Gasteiger partial charge < -0.3 is 5.11 Å². The molecule has 1 aromatic heterocycles. The molecule has 0 bridgehead atoms. The van der Waals surface area contributed by atoms with Crippen LogP contribution in [0.25, 0.3) is 0 Å². The van der Waals surface area contributed by atoms with Crippen molar-refractivity contribution in [3.05, 3.63) is 34.2 Å². The molecule has 6 heteroatoms. The van der Waals surface area contributed by atoms with Gasteiger partial charge in [-0.05, 0) is 0 Å². The van der Waals surface area contributed by atoms with Crippen LogP contribution in [-0.4, -0.2) is 15.6 Å². The Balaban J connectivity index is 3.27. The van der Waals surface area contributed by atoms with Crippen molar-refractivity contribution >= 4 is 5.97 Å². The molecular weight excluding hydrogens is 184 g/mol. The van der Waals surface area contributed by atoms with E-state index >= 15 is 0 Å². The van der Waals surface area contributed by atoms with Gasteiger partial charge in [0, 0.05) is 18.5 Å². The largest absolute Gasteiger partial charge is 0.477 e. The van der Waals surface area contributed by atoms with Crippen molar-refractivity contribution in [2.24, 2.45) is 0 Å². The highest BCUT2D eigenvalue weighted by molar-refractivity contribution is 5.86. The predicted molar refractivity (Wildman–Crippen MR) is 38.9 cm³/mol. The number of nitrogens with zero attached hydrogens (tertiary/aromatic N) is 1. The minimum absolute atomic E-state index is 0.352. The lowest BCUT2D eigenvalue weighted by atomic mass is 10.3. The first-order chi connectivity index (χ1) is 6.02. The SMILES string of the molecule is O=C(O)c1cn(C(F)F)ccc1=O. The van der Waals surface area contributed by atoms with E-state index in [-0.39, 0.29) is 0 Å². The van der Waals surface area contributed by atoms with Crippen molar-refractivity contribution in [3.8, 4) is 0 Å². The summed E-state index contributed by atoms with van der Waals surface area (Å²) in [5.74, 6) is -1.51. The van der Waals surface area contributed by atoms with E-state index in [1.54, 1.807) is 0 Å². The van der Waals surface area contributed by atoms with E-state index in [1.807, 2.05) is 0 Å². The van der Waals surface area contributed by atoms with Gasteiger partial charge in [-0.25, -0.2) is 4.79 Å². The zero-order valence-electron chi connectivity index (χ0n) is 6.28. The summed E-state index contributed by atoms with van der Waals surface area (Å²) in [7, 11) is 0. The molecule has 0 aromatic carbocycles. The number of hydrogen-bond acceptors (Lipinski definition) is 2. The molecule has 0 amide bonds. The monoisotopic (exact) mass is 189 g/mol. The van der Waals surface area contributed by atoms with Crippen molar-refractivity contribution in [1.29, 1.82) is 0 Å². The molecule has 13 heavy (non-hydrogen) atoms. The minimum Gasteiger partial charge on any atom is -0.477 e. The van der Waals surface area contributed by atoms with Gasteiger partial charge in [-0.1, -0.05) is 0 Å². The molecule has 0 saturated heterocycles.